The van der Waals surface area contributed by atoms with Crippen LogP contribution in [0.15, 0.2) is 28.7 Å². The molecule has 0 atom stereocenters. The summed E-state index contributed by atoms with van der Waals surface area (Å²) >= 11 is 1.65. The van der Waals surface area contributed by atoms with Crippen molar-refractivity contribution in [3.63, 3.8) is 0 Å². The third kappa shape index (κ3) is 3.92. The Bertz CT molecular complexity index is 699. The minimum atomic E-state index is 0.292. The van der Waals surface area contributed by atoms with Crippen molar-refractivity contribution < 1.29 is 9.47 Å². The van der Waals surface area contributed by atoms with Crippen molar-refractivity contribution in [3.8, 4) is 11.5 Å². The van der Waals surface area contributed by atoms with E-state index in [9.17, 15) is 0 Å². The van der Waals surface area contributed by atoms with Crippen molar-refractivity contribution in [3.05, 3.63) is 39.8 Å². The van der Waals surface area contributed by atoms with Gasteiger partial charge in [0.1, 0.15) is 0 Å². The van der Waals surface area contributed by atoms with E-state index < -0.39 is 0 Å². The molecule has 1 aromatic carbocycles. The van der Waals surface area contributed by atoms with E-state index in [0.29, 0.717) is 13.3 Å². The first-order valence-corrected chi connectivity index (χ1v) is 8.44. The monoisotopic (exact) mass is 332 g/mol. The molecule has 0 radical (unpaired) electrons. The molecule has 3 rings (SSSR count). The number of nitrogens with one attached hydrogen (secondary N) is 2. The number of aryl methyl sites for hydroxylation is 1. The topological polar surface area (TPSA) is 67.8 Å². The Morgan fingerprint density at radius 3 is 2.96 bits per heavy atom. The number of guanidine groups is 1. The van der Waals surface area contributed by atoms with E-state index in [-0.39, 0.29) is 0 Å². The fourth-order valence-corrected chi connectivity index (χ4v) is 2.93. The van der Waals surface area contributed by atoms with Gasteiger partial charge in [0, 0.05) is 11.4 Å². The molecule has 122 valence electrons. The van der Waals surface area contributed by atoms with E-state index in [1.54, 1.807) is 11.3 Å². The van der Waals surface area contributed by atoms with Gasteiger partial charge in [-0.15, -0.1) is 11.3 Å². The van der Waals surface area contributed by atoms with Crippen LogP contribution >= 0.6 is 11.3 Å². The smallest absolute Gasteiger partial charge is 0.231 e. The Labute approximate surface area is 139 Å². The Balaban J connectivity index is 1.63. The largest absolute Gasteiger partial charge is 0.454 e. The summed E-state index contributed by atoms with van der Waals surface area (Å²) in [5.41, 5.74) is 4.01. The minimum Gasteiger partial charge on any atom is -0.454 e. The highest BCUT2D eigenvalue weighted by molar-refractivity contribution is 7.09. The molecule has 0 fully saturated rings. The molecule has 2 aromatic rings. The van der Waals surface area contributed by atoms with Gasteiger partial charge in [0.2, 0.25) is 6.79 Å². The van der Waals surface area contributed by atoms with Crippen LogP contribution in [0.25, 0.3) is 0 Å². The molecule has 1 aromatic heterocycles. The summed E-state index contributed by atoms with van der Waals surface area (Å²) in [7, 11) is 0. The molecule has 0 aliphatic carbocycles. The molecule has 0 saturated carbocycles. The number of rotatable bonds is 5. The van der Waals surface area contributed by atoms with Crippen molar-refractivity contribution >= 4 is 17.3 Å². The van der Waals surface area contributed by atoms with E-state index in [0.717, 1.165) is 41.8 Å². The van der Waals surface area contributed by atoms with E-state index >= 15 is 0 Å². The molecule has 0 unspecified atom stereocenters. The summed E-state index contributed by atoms with van der Waals surface area (Å²) < 4.78 is 10.7. The van der Waals surface area contributed by atoms with Crippen LogP contribution in [0.3, 0.4) is 0 Å². The van der Waals surface area contributed by atoms with Crippen LogP contribution in [0, 0.1) is 6.92 Å². The molecule has 0 bridgehead atoms. The third-order valence-corrected chi connectivity index (χ3v) is 4.40. The molecular formula is C16H20N4O2S. The van der Waals surface area contributed by atoms with E-state index in [1.165, 1.54) is 4.88 Å². The van der Waals surface area contributed by atoms with E-state index in [1.807, 2.05) is 30.6 Å². The van der Waals surface area contributed by atoms with Gasteiger partial charge in [-0.05, 0) is 31.5 Å². The number of aromatic nitrogens is 1. The molecule has 0 saturated heterocycles. The van der Waals surface area contributed by atoms with Gasteiger partial charge in [0.25, 0.3) is 0 Å². The number of aliphatic imine (C=N–C) groups is 1. The number of hydrogen-bond acceptors (Lipinski definition) is 5. The van der Waals surface area contributed by atoms with Gasteiger partial charge >= 0.3 is 0 Å². The summed E-state index contributed by atoms with van der Waals surface area (Å²) in [6, 6.07) is 5.91. The molecule has 2 heterocycles. The lowest BCUT2D eigenvalue weighted by Crippen LogP contribution is -2.36. The first kappa shape index (κ1) is 15.6. The fourth-order valence-electron chi connectivity index (χ4n) is 2.21. The van der Waals surface area contributed by atoms with Crippen LogP contribution in [-0.4, -0.2) is 24.3 Å². The third-order valence-electron chi connectivity index (χ3n) is 3.46. The Hall–Kier alpha value is -2.28. The highest BCUT2D eigenvalue weighted by Crippen LogP contribution is 2.32. The van der Waals surface area contributed by atoms with Gasteiger partial charge in [0.05, 0.1) is 24.3 Å². The molecule has 7 heteroatoms. The predicted molar refractivity (Wildman–Crippen MR) is 91.1 cm³/mol. The summed E-state index contributed by atoms with van der Waals surface area (Å²) in [6.07, 6.45) is 0. The minimum absolute atomic E-state index is 0.292. The Morgan fingerprint density at radius 2 is 2.17 bits per heavy atom. The maximum absolute atomic E-state index is 5.40. The average Bonchev–Trinajstić information content (AvgIpc) is 3.18. The first-order valence-electron chi connectivity index (χ1n) is 7.56. The second-order valence-corrected chi connectivity index (χ2v) is 6.04. The first-order chi connectivity index (χ1) is 11.3. The van der Waals surface area contributed by atoms with Gasteiger partial charge in [-0.3, -0.25) is 0 Å². The van der Waals surface area contributed by atoms with Crippen LogP contribution in [0.4, 0.5) is 0 Å². The summed E-state index contributed by atoms with van der Waals surface area (Å²) in [6.45, 7) is 6.48. The number of fused-ring (bicyclic) bond motifs is 1. The maximum Gasteiger partial charge on any atom is 0.231 e. The van der Waals surface area contributed by atoms with Gasteiger partial charge < -0.3 is 20.1 Å². The standard InChI is InChI=1S/C16H20N4O2S/c1-3-17-16(19-8-15-11(2)20-9-23-15)18-7-12-4-5-13-14(6-12)22-10-21-13/h4-6,9H,3,7-8,10H2,1-2H3,(H2,17,18,19). The lowest BCUT2D eigenvalue weighted by atomic mass is 10.2. The second-order valence-electron chi connectivity index (χ2n) is 5.10. The number of ether oxygens (including phenoxy) is 2. The van der Waals surface area contributed by atoms with Crippen LogP contribution < -0.4 is 20.1 Å². The SMILES string of the molecule is CCNC(=NCc1ccc2c(c1)OCO2)NCc1scnc1C. The van der Waals surface area contributed by atoms with Crippen molar-refractivity contribution in [2.24, 2.45) is 4.99 Å². The van der Waals surface area contributed by atoms with Gasteiger partial charge in [-0.1, -0.05) is 6.07 Å². The van der Waals surface area contributed by atoms with Crippen molar-refractivity contribution in [2.75, 3.05) is 13.3 Å². The average molecular weight is 332 g/mol. The lowest BCUT2D eigenvalue weighted by molar-refractivity contribution is 0.174. The Kier molecular flexibility index (Phi) is 4.97. The second kappa shape index (κ2) is 7.32. The fraction of sp³-hybridized carbons (Fsp3) is 0.375. The van der Waals surface area contributed by atoms with Crippen molar-refractivity contribution in [2.45, 2.75) is 26.9 Å². The van der Waals surface area contributed by atoms with Crippen LogP contribution in [0.1, 0.15) is 23.1 Å². The molecule has 2 N–H and O–H groups in total. The zero-order valence-electron chi connectivity index (χ0n) is 13.3. The summed E-state index contributed by atoms with van der Waals surface area (Å²) in [5, 5.41) is 6.59. The van der Waals surface area contributed by atoms with E-state index in [2.05, 4.69) is 27.5 Å². The molecule has 1 aliphatic rings. The normalized spacial score (nSPS) is 13.2. The molecule has 0 spiro atoms. The van der Waals surface area contributed by atoms with E-state index in [4.69, 9.17) is 9.47 Å². The maximum atomic E-state index is 5.40. The van der Waals surface area contributed by atoms with Gasteiger partial charge in [-0.2, -0.15) is 0 Å². The summed E-state index contributed by atoms with van der Waals surface area (Å²) in [5.74, 6) is 2.37. The van der Waals surface area contributed by atoms with Crippen LogP contribution in [0.2, 0.25) is 0 Å². The number of benzene rings is 1. The lowest BCUT2D eigenvalue weighted by Gasteiger charge is -2.11. The number of hydrogen-bond donors (Lipinski definition) is 2. The zero-order chi connectivity index (χ0) is 16.1. The molecule has 23 heavy (non-hydrogen) atoms. The van der Waals surface area contributed by atoms with Gasteiger partial charge in [0.15, 0.2) is 17.5 Å². The summed E-state index contributed by atoms with van der Waals surface area (Å²) in [4.78, 5) is 10.1. The highest BCUT2D eigenvalue weighted by atomic mass is 32.1. The van der Waals surface area contributed by atoms with Crippen molar-refractivity contribution in [1.82, 2.24) is 15.6 Å². The van der Waals surface area contributed by atoms with Crippen LogP contribution in [0.5, 0.6) is 11.5 Å². The number of thiazole rings is 1. The predicted octanol–water partition coefficient (Wildman–Crippen LogP) is 2.44. The zero-order valence-corrected chi connectivity index (χ0v) is 14.1. The molecule has 6 nitrogen and oxygen atoms in total. The molecular weight excluding hydrogens is 312 g/mol. The molecule has 0 amide bonds. The number of nitrogens with zero attached hydrogens (tertiary/aromatic N) is 2. The molecule has 1 aliphatic heterocycles. The van der Waals surface area contributed by atoms with Crippen molar-refractivity contribution in [1.29, 1.82) is 0 Å². The van der Waals surface area contributed by atoms with Gasteiger partial charge in [-0.25, -0.2) is 9.98 Å². The highest BCUT2D eigenvalue weighted by Gasteiger charge is 2.13. The quantitative estimate of drug-likeness (QED) is 0.650. The van der Waals surface area contributed by atoms with Crippen LogP contribution in [-0.2, 0) is 13.1 Å². The Morgan fingerprint density at radius 1 is 1.30 bits per heavy atom.